The molecule has 0 unspecified atom stereocenters. The predicted molar refractivity (Wildman–Crippen MR) is 127 cm³/mol. The van der Waals surface area contributed by atoms with Crippen LogP contribution in [0.15, 0.2) is 101 Å². The van der Waals surface area contributed by atoms with Crippen LogP contribution < -0.4 is 10.1 Å². The summed E-state index contributed by atoms with van der Waals surface area (Å²) in [5.41, 5.74) is 0.494. The highest BCUT2D eigenvalue weighted by Crippen LogP contribution is 2.23. The SMILES string of the molecule is O=C(CN(Cc1ccco1)S(=O)(=O)c1ccc(Cl)nc1)Nc1ccc(Oc2ccccc2)cc1. The maximum absolute atomic E-state index is 13.2. The van der Waals surface area contributed by atoms with Crippen LogP contribution in [-0.2, 0) is 21.4 Å². The average molecular weight is 498 g/mol. The number of nitrogens with zero attached hydrogens (tertiary/aromatic N) is 2. The van der Waals surface area contributed by atoms with Crippen LogP contribution in [0, 0.1) is 0 Å². The van der Waals surface area contributed by atoms with E-state index in [0.29, 0.717) is 22.9 Å². The molecule has 34 heavy (non-hydrogen) atoms. The number of rotatable bonds is 9. The molecule has 0 saturated heterocycles. The number of para-hydroxylation sites is 1. The van der Waals surface area contributed by atoms with Gasteiger partial charge in [0.15, 0.2) is 0 Å². The van der Waals surface area contributed by atoms with E-state index in [0.717, 1.165) is 10.5 Å². The third-order valence-electron chi connectivity index (χ3n) is 4.69. The maximum atomic E-state index is 13.2. The van der Waals surface area contributed by atoms with E-state index in [2.05, 4.69) is 10.3 Å². The summed E-state index contributed by atoms with van der Waals surface area (Å²) in [6, 6.07) is 22.0. The van der Waals surface area contributed by atoms with Gasteiger partial charge in [0.05, 0.1) is 19.4 Å². The van der Waals surface area contributed by atoms with E-state index in [9.17, 15) is 13.2 Å². The lowest BCUT2D eigenvalue weighted by molar-refractivity contribution is -0.116. The fourth-order valence-corrected chi connectivity index (χ4v) is 4.48. The van der Waals surface area contributed by atoms with Gasteiger partial charge in [-0.25, -0.2) is 13.4 Å². The Morgan fingerprint density at radius 1 is 0.971 bits per heavy atom. The summed E-state index contributed by atoms with van der Waals surface area (Å²) in [6.45, 7) is -0.566. The van der Waals surface area contributed by atoms with Gasteiger partial charge in [0.2, 0.25) is 15.9 Å². The molecule has 0 spiro atoms. The molecule has 174 valence electrons. The summed E-state index contributed by atoms with van der Waals surface area (Å²) in [7, 11) is -4.05. The van der Waals surface area contributed by atoms with E-state index < -0.39 is 22.5 Å². The smallest absolute Gasteiger partial charge is 0.245 e. The van der Waals surface area contributed by atoms with Crippen molar-refractivity contribution in [1.29, 1.82) is 0 Å². The largest absolute Gasteiger partial charge is 0.468 e. The average Bonchev–Trinajstić information content (AvgIpc) is 3.34. The highest BCUT2D eigenvalue weighted by Gasteiger charge is 2.28. The molecule has 0 atom stereocenters. The Hall–Kier alpha value is -3.66. The van der Waals surface area contributed by atoms with Crippen molar-refractivity contribution in [1.82, 2.24) is 9.29 Å². The molecular weight excluding hydrogens is 478 g/mol. The molecular formula is C24H20ClN3O5S. The first-order valence-corrected chi connectivity index (χ1v) is 12.0. The zero-order chi connectivity index (χ0) is 24.0. The van der Waals surface area contributed by atoms with Crippen LogP contribution in [0.1, 0.15) is 5.76 Å². The zero-order valence-corrected chi connectivity index (χ0v) is 19.4. The van der Waals surface area contributed by atoms with Gasteiger partial charge in [0.25, 0.3) is 0 Å². The fraction of sp³-hybridized carbons (Fsp3) is 0.0833. The van der Waals surface area contributed by atoms with E-state index >= 15 is 0 Å². The number of carbonyl (C=O) groups excluding carboxylic acids is 1. The van der Waals surface area contributed by atoms with Crippen molar-refractivity contribution >= 4 is 33.2 Å². The molecule has 4 aromatic rings. The number of amides is 1. The van der Waals surface area contributed by atoms with Crippen molar-refractivity contribution in [2.24, 2.45) is 0 Å². The fourth-order valence-electron chi connectivity index (χ4n) is 3.06. The van der Waals surface area contributed by atoms with Crippen LogP contribution in [0.25, 0.3) is 0 Å². The van der Waals surface area contributed by atoms with Gasteiger partial charge >= 0.3 is 0 Å². The molecule has 2 aromatic carbocycles. The molecule has 1 N–H and O–H groups in total. The number of aromatic nitrogens is 1. The second-order valence-electron chi connectivity index (χ2n) is 7.16. The van der Waals surface area contributed by atoms with Crippen molar-refractivity contribution in [2.75, 3.05) is 11.9 Å². The molecule has 4 rings (SSSR count). The van der Waals surface area contributed by atoms with E-state index in [-0.39, 0.29) is 16.6 Å². The highest BCUT2D eigenvalue weighted by atomic mass is 35.5. The number of sulfonamides is 1. The van der Waals surface area contributed by atoms with E-state index in [1.165, 1.54) is 18.4 Å². The summed E-state index contributed by atoms with van der Waals surface area (Å²) in [5.74, 6) is 1.16. The number of nitrogens with one attached hydrogen (secondary N) is 1. The molecule has 0 bridgehead atoms. The van der Waals surface area contributed by atoms with Crippen molar-refractivity contribution in [3.8, 4) is 11.5 Å². The third-order valence-corrected chi connectivity index (χ3v) is 6.69. The minimum Gasteiger partial charge on any atom is -0.468 e. The molecule has 2 heterocycles. The van der Waals surface area contributed by atoms with Crippen LogP contribution in [-0.4, -0.2) is 30.2 Å². The molecule has 1 amide bonds. The molecule has 2 aromatic heterocycles. The van der Waals surface area contributed by atoms with Gasteiger partial charge in [-0.3, -0.25) is 4.79 Å². The van der Waals surface area contributed by atoms with Gasteiger partial charge in [0.1, 0.15) is 27.3 Å². The Bertz CT molecular complexity index is 1330. The van der Waals surface area contributed by atoms with Crippen LogP contribution in [0.2, 0.25) is 5.15 Å². The number of hydrogen-bond acceptors (Lipinski definition) is 6. The Kier molecular flexibility index (Phi) is 7.27. The van der Waals surface area contributed by atoms with Gasteiger partial charge in [0, 0.05) is 11.9 Å². The number of hydrogen-bond donors (Lipinski definition) is 1. The van der Waals surface area contributed by atoms with E-state index in [4.69, 9.17) is 20.8 Å². The second-order valence-corrected chi connectivity index (χ2v) is 9.48. The Morgan fingerprint density at radius 3 is 2.35 bits per heavy atom. The molecule has 10 heteroatoms. The lowest BCUT2D eigenvalue weighted by Crippen LogP contribution is -2.37. The summed E-state index contributed by atoms with van der Waals surface area (Å²) < 4.78 is 38.4. The number of anilines is 1. The lowest BCUT2D eigenvalue weighted by Gasteiger charge is -2.21. The van der Waals surface area contributed by atoms with Gasteiger partial charge in [-0.1, -0.05) is 29.8 Å². The number of furan rings is 1. The number of pyridine rings is 1. The molecule has 8 nitrogen and oxygen atoms in total. The summed E-state index contributed by atoms with van der Waals surface area (Å²) >= 11 is 5.78. The molecule has 0 aliphatic heterocycles. The monoisotopic (exact) mass is 497 g/mol. The van der Waals surface area contributed by atoms with Crippen molar-refractivity contribution in [2.45, 2.75) is 11.4 Å². The van der Waals surface area contributed by atoms with Crippen molar-refractivity contribution in [3.63, 3.8) is 0 Å². The standard InChI is InChI=1S/C24H20ClN3O5S/c25-23-13-12-22(15-26-23)34(30,31)28(16-21-7-4-14-32-21)17-24(29)27-18-8-10-20(11-9-18)33-19-5-2-1-3-6-19/h1-15H,16-17H2,(H,27,29). The van der Waals surface area contributed by atoms with E-state index in [1.54, 1.807) is 36.4 Å². The Balaban J connectivity index is 1.46. The zero-order valence-electron chi connectivity index (χ0n) is 17.8. The molecule has 0 aliphatic rings. The van der Waals surface area contributed by atoms with Gasteiger partial charge in [-0.15, -0.1) is 0 Å². The topological polar surface area (TPSA) is 102 Å². The number of ether oxygens (including phenoxy) is 1. The van der Waals surface area contributed by atoms with Crippen LogP contribution >= 0.6 is 11.6 Å². The summed E-state index contributed by atoms with van der Waals surface area (Å²) in [5, 5.41) is 2.87. The van der Waals surface area contributed by atoms with Gasteiger partial charge in [-0.2, -0.15) is 4.31 Å². The number of halogens is 1. The Labute approximate surface area is 201 Å². The predicted octanol–water partition coefficient (Wildman–Crippen LogP) is 4.95. The minimum atomic E-state index is -4.05. The quantitative estimate of drug-likeness (QED) is 0.328. The molecule has 0 aliphatic carbocycles. The number of carbonyl (C=O) groups is 1. The minimum absolute atomic E-state index is 0.0846. The summed E-state index contributed by atoms with van der Waals surface area (Å²) in [6.07, 6.45) is 2.58. The first-order chi connectivity index (χ1) is 16.4. The van der Waals surface area contributed by atoms with Gasteiger partial charge in [-0.05, 0) is 60.7 Å². The van der Waals surface area contributed by atoms with E-state index in [1.807, 2.05) is 30.3 Å². The van der Waals surface area contributed by atoms with Crippen molar-refractivity contribution in [3.05, 3.63) is 102 Å². The molecule has 0 fully saturated rings. The summed E-state index contributed by atoms with van der Waals surface area (Å²) in [4.78, 5) is 16.5. The van der Waals surface area contributed by atoms with Gasteiger partial charge < -0.3 is 14.5 Å². The Morgan fingerprint density at radius 2 is 1.71 bits per heavy atom. The van der Waals surface area contributed by atoms with Crippen LogP contribution in [0.5, 0.6) is 11.5 Å². The normalized spacial score (nSPS) is 11.4. The van der Waals surface area contributed by atoms with Crippen molar-refractivity contribution < 1.29 is 22.4 Å². The number of benzene rings is 2. The molecule has 0 saturated carbocycles. The maximum Gasteiger partial charge on any atom is 0.245 e. The first kappa shape index (κ1) is 23.5. The third kappa shape index (κ3) is 6.02. The molecule has 0 radical (unpaired) electrons. The van der Waals surface area contributed by atoms with Crippen LogP contribution in [0.4, 0.5) is 5.69 Å². The highest BCUT2D eigenvalue weighted by molar-refractivity contribution is 7.89. The van der Waals surface area contributed by atoms with Crippen LogP contribution in [0.3, 0.4) is 0 Å². The lowest BCUT2D eigenvalue weighted by atomic mass is 10.3. The second kappa shape index (κ2) is 10.5. The first-order valence-electron chi connectivity index (χ1n) is 10.2.